The average Bonchev–Trinajstić information content (AvgIpc) is 2.55. The van der Waals surface area contributed by atoms with Crippen molar-refractivity contribution in [2.45, 2.75) is 26.7 Å². The Bertz CT molecular complexity index is 464. The third kappa shape index (κ3) is 4.37. The maximum atomic E-state index is 12.4. The van der Waals surface area contributed by atoms with E-state index in [4.69, 9.17) is 9.47 Å². The molecule has 0 aliphatic rings. The quantitative estimate of drug-likeness (QED) is 0.722. The van der Waals surface area contributed by atoms with Crippen molar-refractivity contribution in [3.63, 3.8) is 0 Å². The molecule has 4 nitrogen and oxygen atoms in total. The molecule has 0 radical (unpaired) electrons. The van der Waals surface area contributed by atoms with Crippen LogP contribution in [0.15, 0.2) is 18.2 Å². The molecule has 0 bridgehead atoms. The number of benzene rings is 1. The van der Waals surface area contributed by atoms with Gasteiger partial charge in [0.25, 0.3) is 5.91 Å². The number of nitrogens with one attached hydrogen (secondary N) is 1. The highest BCUT2D eigenvalue weighted by Crippen LogP contribution is 2.28. The summed E-state index contributed by atoms with van der Waals surface area (Å²) in [5.74, 6) is 1.04. The van der Waals surface area contributed by atoms with Gasteiger partial charge in [0.15, 0.2) is 0 Å². The monoisotopic (exact) mass is 357 g/mol. The number of methoxy groups -OCH3 is 2. The minimum atomic E-state index is -0.141. The fraction of sp³-hybridized carbons (Fsp3) is 0.562. The highest BCUT2D eigenvalue weighted by molar-refractivity contribution is 9.09. The van der Waals surface area contributed by atoms with E-state index in [1.807, 2.05) is 0 Å². The first kappa shape index (κ1) is 17.8. The van der Waals surface area contributed by atoms with Gasteiger partial charge in [0.1, 0.15) is 11.5 Å². The number of hydrogen-bond acceptors (Lipinski definition) is 3. The molecule has 1 rings (SSSR count). The van der Waals surface area contributed by atoms with Crippen LogP contribution < -0.4 is 14.8 Å². The zero-order valence-corrected chi connectivity index (χ0v) is 14.7. The van der Waals surface area contributed by atoms with Crippen LogP contribution in [0.3, 0.4) is 0 Å². The first-order valence-corrected chi connectivity index (χ1v) is 8.24. The number of carbonyl (C=O) groups excluding carboxylic acids is 1. The van der Waals surface area contributed by atoms with Crippen molar-refractivity contribution < 1.29 is 14.3 Å². The fourth-order valence-electron chi connectivity index (χ4n) is 2.09. The molecule has 0 unspecified atom stereocenters. The predicted molar refractivity (Wildman–Crippen MR) is 88.7 cm³/mol. The Balaban J connectivity index is 2.88. The third-order valence-electron chi connectivity index (χ3n) is 4.06. The van der Waals surface area contributed by atoms with Crippen LogP contribution in [0, 0.1) is 5.41 Å². The standard InChI is InChI=1S/C16H24BrNO3/c1-5-16(6-2,10-17)11-18-15(19)13-9-12(20-3)7-8-14(13)21-4/h7-9H,5-6,10-11H2,1-4H3,(H,18,19). The molecule has 0 aliphatic heterocycles. The van der Waals surface area contributed by atoms with E-state index in [-0.39, 0.29) is 11.3 Å². The number of hydrogen-bond donors (Lipinski definition) is 1. The molecule has 118 valence electrons. The Hall–Kier alpha value is -1.23. The first-order chi connectivity index (χ1) is 10.1. The van der Waals surface area contributed by atoms with Gasteiger partial charge in [-0.05, 0) is 36.5 Å². The van der Waals surface area contributed by atoms with Crippen molar-refractivity contribution in [1.29, 1.82) is 0 Å². The van der Waals surface area contributed by atoms with Crippen LogP contribution >= 0.6 is 15.9 Å². The summed E-state index contributed by atoms with van der Waals surface area (Å²) in [6.07, 6.45) is 2.01. The van der Waals surface area contributed by atoms with Gasteiger partial charge in [-0.2, -0.15) is 0 Å². The minimum Gasteiger partial charge on any atom is -0.497 e. The molecular weight excluding hydrogens is 334 g/mol. The van der Waals surface area contributed by atoms with Crippen molar-refractivity contribution >= 4 is 21.8 Å². The summed E-state index contributed by atoms with van der Waals surface area (Å²) in [6, 6.07) is 5.21. The number of carbonyl (C=O) groups is 1. The van der Waals surface area contributed by atoms with E-state index in [1.165, 1.54) is 0 Å². The van der Waals surface area contributed by atoms with Gasteiger partial charge in [0.05, 0.1) is 19.8 Å². The number of alkyl halides is 1. The van der Waals surface area contributed by atoms with E-state index in [0.717, 1.165) is 18.2 Å². The Kier molecular flexibility index (Phi) is 7.02. The normalized spacial score (nSPS) is 11.1. The van der Waals surface area contributed by atoms with Crippen molar-refractivity contribution in [3.8, 4) is 11.5 Å². The number of amides is 1. The molecule has 1 N–H and O–H groups in total. The SMILES string of the molecule is CCC(CC)(CBr)CNC(=O)c1cc(OC)ccc1OC. The van der Waals surface area contributed by atoms with E-state index >= 15 is 0 Å². The van der Waals surface area contributed by atoms with Gasteiger partial charge in [0.2, 0.25) is 0 Å². The van der Waals surface area contributed by atoms with Gasteiger partial charge < -0.3 is 14.8 Å². The van der Waals surface area contributed by atoms with Gasteiger partial charge in [-0.1, -0.05) is 29.8 Å². The second kappa shape index (κ2) is 8.27. The van der Waals surface area contributed by atoms with Crippen LogP contribution in [0.2, 0.25) is 0 Å². The van der Waals surface area contributed by atoms with E-state index in [1.54, 1.807) is 32.4 Å². The summed E-state index contributed by atoms with van der Waals surface area (Å²) in [7, 11) is 3.13. The molecule has 0 saturated heterocycles. The van der Waals surface area contributed by atoms with Gasteiger partial charge in [-0.15, -0.1) is 0 Å². The topological polar surface area (TPSA) is 47.6 Å². The van der Waals surface area contributed by atoms with E-state index in [0.29, 0.717) is 23.6 Å². The van der Waals surface area contributed by atoms with Gasteiger partial charge in [-0.3, -0.25) is 4.79 Å². The van der Waals surface area contributed by atoms with Crippen LogP contribution in [0.25, 0.3) is 0 Å². The third-order valence-corrected chi connectivity index (χ3v) is 5.25. The lowest BCUT2D eigenvalue weighted by molar-refractivity contribution is 0.0929. The highest BCUT2D eigenvalue weighted by atomic mass is 79.9. The Labute approximate surface area is 135 Å². The average molecular weight is 358 g/mol. The molecule has 5 heteroatoms. The number of ether oxygens (including phenoxy) is 2. The summed E-state index contributed by atoms with van der Waals surface area (Å²) in [6.45, 7) is 4.91. The Morgan fingerprint density at radius 2 is 1.90 bits per heavy atom. The van der Waals surface area contributed by atoms with Gasteiger partial charge in [0, 0.05) is 11.9 Å². The molecule has 0 atom stereocenters. The first-order valence-electron chi connectivity index (χ1n) is 7.12. The Morgan fingerprint density at radius 1 is 1.24 bits per heavy atom. The summed E-state index contributed by atoms with van der Waals surface area (Å²) in [4.78, 5) is 12.4. The second-order valence-electron chi connectivity index (χ2n) is 5.09. The largest absolute Gasteiger partial charge is 0.497 e. The molecule has 0 heterocycles. The number of halogens is 1. The molecule has 1 amide bonds. The van der Waals surface area contributed by atoms with Crippen LogP contribution in [0.1, 0.15) is 37.0 Å². The molecule has 0 saturated carbocycles. The molecule has 0 aromatic heterocycles. The van der Waals surface area contributed by atoms with E-state index < -0.39 is 0 Å². The lowest BCUT2D eigenvalue weighted by atomic mass is 9.84. The van der Waals surface area contributed by atoms with Crippen LogP contribution in [-0.2, 0) is 0 Å². The minimum absolute atomic E-state index is 0.0851. The van der Waals surface area contributed by atoms with Crippen molar-refractivity contribution in [2.24, 2.45) is 5.41 Å². The molecule has 1 aromatic carbocycles. The smallest absolute Gasteiger partial charge is 0.255 e. The van der Waals surface area contributed by atoms with Crippen molar-refractivity contribution in [2.75, 3.05) is 26.1 Å². The zero-order valence-electron chi connectivity index (χ0n) is 13.2. The maximum Gasteiger partial charge on any atom is 0.255 e. The fourth-order valence-corrected chi connectivity index (χ4v) is 3.08. The van der Waals surface area contributed by atoms with Crippen LogP contribution in [0.4, 0.5) is 0 Å². The van der Waals surface area contributed by atoms with Crippen molar-refractivity contribution in [3.05, 3.63) is 23.8 Å². The highest BCUT2D eigenvalue weighted by Gasteiger charge is 2.26. The van der Waals surface area contributed by atoms with Gasteiger partial charge in [-0.25, -0.2) is 0 Å². The number of rotatable bonds is 8. The van der Waals surface area contributed by atoms with Crippen LogP contribution in [-0.4, -0.2) is 32.0 Å². The van der Waals surface area contributed by atoms with Crippen molar-refractivity contribution in [1.82, 2.24) is 5.32 Å². The molecule has 21 heavy (non-hydrogen) atoms. The van der Waals surface area contributed by atoms with Crippen LogP contribution in [0.5, 0.6) is 11.5 Å². The zero-order chi connectivity index (χ0) is 15.9. The molecule has 1 aromatic rings. The maximum absolute atomic E-state index is 12.4. The molecule has 0 aliphatic carbocycles. The Morgan fingerprint density at radius 3 is 2.38 bits per heavy atom. The lowest BCUT2D eigenvalue weighted by Crippen LogP contribution is -2.38. The molecule has 0 fully saturated rings. The van der Waals surface area contributed by atoms with E-state index in [2.05, 4.69) is 35.1 Å². The predicted octanol–water partition coefficient (Wildman–Crippen LogP) is 3.63. The molecule has 0 spiro atoms. The van der Waals surface area contributed by atoms with Gasteiger partial charge >= 0.3 is 0 Å². The second-order valence-corrected chi connectivity index (χ2v) is 5.65. The summed E-state index contributed by atoms with van der Waals surface area (Å²) in [5, 5.41) is 3.88. The summed E-state index contributed by atoms with van der Waals surface area (Å²) >= 11 is 3.55. The summed E-state index contributed by atoms with van der Waals surface area (Å²) in [5.41, 5.74) is 0.578. The summed E-state index contributed by atoms with van der Waals surface area (Å²) < 4.78 is 10.4. The molecular formula is C16H24BrNO3. The lowest BCUT2D eigenvalue weighted by Gasteiger charge is -2.29. The van der Waals surface area contributed by atoms with E-state index in [9.17, 15) is 4.79 Å².